The highest BCUT2D eigenvalue weighted by molar-refractivity contribution is 5.77. The first-order chi connectivity index (χ1) is 9.20. The maximum atomic E-state index is 11.3. The molecular weight excluding hydrogens is 244 g/mol. The van der Waals surface area contributed by atoms with E-state index in [-0.39, 0.29) is 26.2 Å². The Kier molecular flexibility index (Phi) is 12.6. The van der Waals surface area contributed by atoms with E-state index in [4.69, 9.17) is 9.47 Å². The molecule has 0 saturated carbocycles. The van der Waals surface area contributed by atoms with Gasteiger partial charge in [0.15, 0.2) is 0 Å². The van der Waals surface area contributed by atoms with Gasteiger partial charge in [0.25, 0.3) is 0 Å². The fourth-order valence-corrected chi connectivity index (χ4v) is 1.57. The van der Waals surface area contributed by atoms with Crippen molar-refractivity contribution in [2.45, 2.75) is 71.6 Å². The number of carbonyl (C=O) groups is 2. The van der Waals surface area contributed by atoms with Gasteiger partial charge in [-0.05, 0) is 12.8 Å². The van der Waals surface area contributed by atoms with E-state index in [1.54, 1.807) is 0 Å². The minimum absolute atomic E-state index is 0. The summed E-state index contributed by atoms with van der Waals surface area (Å²) in [5.74, 6) is -0.615. The van der Waals surface area contributed by atoms with Gasteiger partial charge in [-0.3, -0.25) is 9.59 Å². The van der Waals surface area contributed by atoms with E-state index in [0.717, 1.165) is 25.7 Å². The molecule has 0 aromatic carbocycles. The minimum Gasteiger partial charge on any atom is -0.466 e. The van der Waals surface area contributed by atoms with Crippen molar-refractivity contribution in [1.29, 1.82) is 0 Å². The van der Waals surface area contributed by atoms with Gasteiger partial charge in [0, 0.05) is 0 Å². The molecule has 0 heterocycles. The molecule has 0 radical (unpaired) electrons. The molecule has 0 amide bonds. The molecule has 4 heteroatoms. The Hall–Kier alpha value is -1.06. The van der Waals surface area contributed by atoms with Crippen LogP contribution in [0.15, 0.2) is 0 Å². The quantitative estimate of drug-likeness (QED) is 0.401. The van der Waals surface area contributed by atoms with Crippen LogP contribution in [-0.4, -0.2) is 25.2 Å². The van der Waals surface area contributed by atoms with Gasteiger partial charge in [0.05, 0.1) is 26.1 Å². The lowest BCUT2D eigenvalue weighted by molar-refractivity contribution is -0.150. The molecule has 0 saturated heterocycles. The van der Waals surface area contributed by atoms with Crippen LogP contribution in [0.3, 0.4) is 0 Å². The smallest absolute Gasteiger partial charge is 0.466 e. The number of ether oxygens (including phenoxy) is 2. The van der Waals surface area contributed by atoms with Crippen molar-refractivity contribution in [3.8, 4) is 0 Å². The molecular formula is C15H29O4+. The SMILES string of the molecule is CCCCCCCOC(=O)CCC(=O)OCCCC.[H+]. The van der Waals surface area contributed by atoms with Crippen LogP contribution in [0.4, 0.5) is 0 Å². The third kappa shape index (κ3) is 13.2. The van der Waals surface area contributed by atoms with E-state index in [0.29, 0.717) is 13.2 Å². The summed E-state index contributed by atoms with van der Waals surface area (Å²) in [6.45, 7) is 5.11. The van der Waals surface area contributed by atoms with Crippen LogP contribution in [0.25, 0.3) is 0 Å². The molecule has 0 bridgehead atoms. The molecule has 0 spiro atoms. The number of hydrogen-bond acceptors (Lipinski definition) is 4. The van der Waals surface area contributed by atoms with Crippen molar-refractivity contribution in [2.75, 3.05) is 13.2 Å². The van der Waals surface area contributed by atoms with E-state index < -0.39 is 0 Å². The zero-order valence-corrected chi connectivity index (χ0v) is 12.4. The van der Waals surface area contributed by atoms with Gasteiger partial charge in [0.1, 0.15) is 0 Å². The topological polar surface area (TPSA) is 52.6 Å². The van der Waals surface area contributed by atoms with Crippen LogP contribution in [0, 0.1) is 0 Å². The molecule has 0 rings (SSSR count). The van der Waals surface area contributed by atoms with Gasteiger partial charge in [-0.15, -0.1) is 0 Å². The zero-order chi connectivity index (χ0) is 14.3. The van der Waals surface area contributed by atoms with Gasteiger partial charge < -0.3 is 9.47 Å². The summed E-state index contributed by atoms with van der Waals surface area (Å²) in [7, 11) is 0. The molecule has 4 nitrogen and oxygen atoms in total. The average molecular weight is 273 g/mol. The van der Waals surface area contributed by atoms with Crippen molar-refractivity contribution in [2.24, 2.45) is 0 Å². The number of carbonyl (C=O) groups excluding carboxylic acids is 2. The summed E-state index contributed by atoms with van der Waals surface area (Å²) in [5.41, 5.74) is 0. The highest BCUT2D eigenvalue weighted by Crippen LogP contribution is 2.03. The second-order valence-corrected chi connectivity index (χ2v) is 4.71. The van der Waals surface area contributed by atoms with Crippen molar-refractivity contribution >= 4 is 11.9 Å². The number of unbranched alkanes of at least 4 members (excludes halogenated alkanes) is 5. The summed E-state index contributed by atoms with van der Waals surface area (Å²) in [5, 5.41) is 0. The van der Waals surface area contributed by atoms with Crippen LogP contribution in [0.2, 0.25) is 0 Å². The summed E-state index contributed by atoms with van der Waals surface area (Å²) < 4.78 is 10.0. The summed E-state index contributed by atoms with van der Waals surface area (Å²) in [4.78, 5) is 22.6. The second-order valence-electron chi connectivity index (χ2n) is 4.71. The van der Waals surface area contributed by atoms with Crippen molar-refractivity contribution in [1.82, 2.24) is 0 Å². The Morgan fingerprint density at radius 3 is 1.74 bits per heavy atom. The van der Waals surface area contributed by atoms with Crippen LogP contribution in [0.1, 0.15) is 73.1 Å². The molecule has 0 atom stereocenters. The molecule has 0 aromatic heterocycles. The van der Waals surface area contributed by atoms with Gasteiger partial charge >= 0.3 is 13.4 Å². The third-order valence-electron chi connectivity index (χ3n) is 2.81. The first kappa shape index (κ1) is 17.9. The van der Waals surface area contributed by atoms with E-state index in [2.05, 4.69) is 6.92 Å². The van der Waals surface area contributed by atoms with Crippen LogP contribution in [-0.2, 0) is 19.1 Å². The minimum atomic E-state index is -0.312. The van der Waals surface area contributed by atoms with E-state index in [1.165, 1.54) is 19.3 Å². The van der Waals surface area contributed by atoms with Gasteiger partial charge in [0.2, 0.25) is 0 Å². The molecule has 0 unspecified atom stereocenters. The Labute approximate surface area is 118 Å². The predicted molar refractivity (Wildman–Crippen MR) is 75.9 cm³/mol. The summed E-state index contributed by atoms with van der Waals surface area (Å²) >= 11 is 0. The zero-order valence-electron chi connectivity index (χ0n) is 13.4. The normalized spacial score (nSPS) is 10.2. The van der Waals surface area contributed by atoms with Crippen LogP contribution < -0.4 is 0 Å². The Morgan fingerprint density at radius 1 is 0.737 bits per heavy atom. The maximum absolute atomic E-state index is 11.3. The lowest BCUT2D eigenvalue weighted by Gasteiger charge is -2.05. The van der Waals surface area contributed by atoms with Crippen molar-refractivity contribution in [3.05, 3.63) is 0 Å². The third-order valence-corrected chi connectivity index (χ3v) is 2.81. The summed E-state index contributed by atoms with van der Waals surface area (Å²) in [6, 6.07) is 0. The number of hydrogen-bond donors (Lipinski definition) is 0. The standard InChI is InChI=1S/C15H28O4/c1-3-5-7-8-9-13-19-15(17)11-10-14(16)18-12-6-4-2/h3-13H2,1-2H3/p+1. The molecule has 0 fully saturated rings. The monoisotopic (exact) mass is 273 g/mol. The highest BCUT2D eigenvalue weighted by Gasteiger charge is 2.08. The molecule has 0 aliphatic heterocycles. The summed E-state index contributed by atoms with van der Waals surface area (Å²) in [6.07, 6.45) is 7.75. The molecule has 0 aliphatic rings. The molecule has 0 N–H and O–H groups in total. The fraction of sp³-hybridized carbons (Fsp3) is 0.867. The largest absolute Gasteiger partial charge is 1.00 e. The highest BCUT2D eigenvalue weighted by atomic mass is 16.5. The van der Waals surface area contributed by atoms with E-state index in [9.17, 15) is 9.59 Å². The first-order valence-corrected chi connectivity index (χ1v) is 7.52. The lowest BCUT2D eigenvalue weighted by atomic mass is 10.2. The predicted octanol–water partition coefficient (Wildman–Crippen LogP) is 3.74. The van der Waals surface area contributed by atoms with Gasteiger partial charge in [-0.1, -0.05) is 46.0 Å². The van der Waals surface area contributed by atoms with Gasteiger partial charge in [-0.25, -0.2) is 0 Å². The first-order valence-electron chi connectivity index (χ1n) is 7.52. The van der Waals surface area contributed by atoms with Crippen molar-refractivity contribution < 1.29 is 20.5 Å². The van der Waals surface area contributed by atoms with Crippen LogP contribution >= 0.6 is 0 Å². The molecule has 112 valence electrons. The van der Waals surface area contributed by atoms with Crippen molar-refractivity contribution in [3.63, 3.8) is 0 Å². The maximum Gasteiger partial charge on any atom is 1.00 e. The fourth-order valence-electron chi connectivity index (χ4n) is 1.57. The molecule has 0 aromatic rings. The Bertz CT molecular complexity index is 244. The average Bonchev–Trinajstić information content (AvgIpc) is 2.40. The second kappa shape index (κ2) is 13.4. The van der Waals surface area contributed by atoms with E-state index in [1.807, 2.05) is 6.92 Å². The Morgan fingerprint density at radius 2 is 1.21 bits per heavy atom. The van der Waals surface area contributed by atoms with Gasteiger partial charge in [-0.2, -0.15) is 0 Å². The van der Waals surface area contributed by atoms with Crippen LogP contribution in [0.5, 0.6) is 0 Å². The molecule has 0 aliphatic carbocycles. The Balaban J connectivity index is 0. The number of esters is 2. The van der Waals surface area contributed by atoms with E-state index >= 15 is 0 Å². The molecule has 19 heavy (non-hydrogen) atoms. The lowest BCUT2D eigenvalue weighted by Crippen LogP contribution is -2.11. The number of rotatable bonds is 12.